The number of nitrogens with zero attached hydrogens (tertiary/aromatic N) is 1. The van der Waals surface area contributed by atoms with Crippen LogP contribution in [0.2, 0.25) is 5.02 Å². The second-order valence-electron chi connectivity index (χ2n) is 6.47. The summed E-state index contributed by atoms with van der Waals surface area (Å²) in [5, 5.41) is 3.51. The molecule has 1 aliphatic heterocycles. The molecule has 0 bridgehead atoms. The van der Waals surface area contributed by atoms with Crippen LogP contribution < -0.4 is 5.32 Å². The second-order valence-corrected chi connectivity index (χ2v) is 6.91. The molecule has 0 aromatic heterocycles. The van der Waals surface area contributed by atoms with Gasteiger partial charge in [-0.05, 0) is 48.7 Å². The Morgan fingerprint density at radius 3 is 2.32 bits per heavy atom. The predicted octanol–water partition coefficient (Wildman–Crippen LogP) is 3.24. The van der Waals surface area contributed by atoms with E-state index >= 15 is 0 Å². The van der Waals surface area contributed by atoms with Crippen molar-refractivity contribution in [2.75, 3.05) is 12.4 Å². The fourth-order valence-corrected chi connectivity index (χ4v) is 3.36. The number of rotatable bonds is 3. The van der Waals surface area contributed by atoms with Crippen LogP contribution in [0.1, 0.15) is 39.1 Å². The molecule has 2 aromatic carbocycles. The Bertz CT molecular complexity index is 917. The smallest absolute Gasteiger partial charge is 0.261 e. The van der Waals surface area contributed by atoms with Crippen molar-refractivity contribution in [1.82, 2.24) is 4.90 Å². The van der Waals surface area contributed by atoms with Gasteiger partial charge >= 0.3 is 0 Å². The van der Waals surface area contributed by atoms with Crippen LogP contribution in [-0.4, -0.2) is 29.7 Å². The average Bonchev–Trinajstić information content (AvgIpc) is 3.39. The lowest BCUT2D eigenvalue weighted by molar-refractivity contribution is -0.118. The minimum absolute atomic E-state index is 0.111. The quantitative estimate of drug-likeness (QED) is 0.860. The number of anilines is 1. The Hall–Kier alpha value is -2.66. The highest BCUT2D eigenvalue weighted by Gasteiger charge is 2.51. The van der Waals surface area contributed by atoms with Gasteiger partial charge in [-0.2, -0.15) is 0 Å². The molecule has 5 nitrogen and oxygen atoms in total. The molecule has 1 aliphatic carbocycles. The van der Waals surface area contributed by atoms with E-state index < -0.39 is 5.41 Å². The summed E-state index contributed by atoms with van der Waals surface area (Å²) < 4.78 is 0. The second kappa shape index (κ2) is 5.43. The van der Waals surface area contributed by atoms with Crippen molar-refractivity contribution in [2.24, 2.45) is 0 Å². The SMILES string of the molecule is CN1C(=O)c2ccc(NC(=O)C3(c4ccc(Cl)cc4)CC3)cc2C1=O. The van der Waals surface area contributed by atoms with E-state index in [-0.39, 0.29) is 17.7 Å². The Morgan fingerprint density at radius 1 is 1.04 bits per heavy atom. The van der Waals surface area contributed by atoms with Gasteiger partial charge in [-0.25, -0.2) is 0 Å². The summed E-state index contributed by atoms with van der Waals surface area (Å²) in [5.41, 5.74) is 1.59. The Labute approximate surface area is 149 Å². The van der Waals surface area contributed by atoms with Gasteiger partial charge in [0.15, 0.2) is 0 Å². The maximum Gasteiger partial charge on any atom is 0.261 e. The molecule has 1 heterocycles. The van der Waals surface area contributed by atoms with E-state index in [1.807, 2.05) is 12.1 Å². The van der Waals surface area contributed by atoms with E-state index in [0.29, 0.717) is 21.8 Å². The molecule has 0 unspecified atom stereocenters. The molecule has 1 N–H and O–H groups in total. The van der Waals surface area contributed by atoms with Crippen LogP contribution in [-0.2, 0) is 10.2 Å². The predicted molar refractivity (Wildman–Crippen MR) is 93.9 cm³/mol. The number of imide groups is 1. The van der Waals surface area contributed by atoms with Gasteiger partial charge in [0, 0.05) is 17.8 Å². The minimum Gasteiger partial charge on any atom is -0.325 e. The minimum atomic E-state index is -0.541. The van der Waals surface area contributed by atoms with Crippen LogP contribution >= 0.6 is 11.6 Å². The van der Waals surface area contributed by atoms with Gasteiger partial charge in [0.25, 0.3) is 11.8 Å². The van der Waals surface area contributed by atoms with Crippen molar-refractivity contribution in [3.63, 3.8) is 0 Å². The lowest BCUT2D eigenvalue weighted by atomic mass is 9.95. The number of hydrogen-bond donors (Lipinski definition) is 1. The van der Waals surface area contributed by atoms with Crippen molar-refractivity contribution in [3.05, 3.63) is 64.2 Å². The molecule has 0 spiro atoms. The van der Waals surface area contributed by atoms with Gasteiger partial charge in [-0.1, -0.05) is 23.7 Å². The summed E-state index contributed by atoms with van der Waals surface area (Å²) in [6, 6.07) is 12.1. The number of carbonyl (C=O) groups excluding carboxylic acids is 3. The first-order chi connectivity index (χ1) is 11.9. The molecular formula is C19H15ClN2O3. The molecule has 1 fully saturated rings. The molecule has 4 rings (SSSR count). The lowest BCUT2D eigenvalue weighted by Crippen LogP contribution is -2.27. The zero-order valence-corrected chi connectivity index (χ0v) is 14.3. The van der Waals surface area contributed by atoms with Gasteiger partial charge in [0.2, 0.25) is 5.91 Å². The van der Waals surface area contributed by atoms with E-state index in [1.54, 1.807) is 30.3 Å². The van der Waals surface area contributed by atoms with Crippen molar-refractivity contribution in [2.45, 2.75) is 18.3 Å². The molecule has 126 valence electrons. The number of hydrogen-bond acceptors (Lipinski definition) is 3. The molecule has 2 aliphatic rings. The van der Waals surface area contributed by atoms with E-state index in [9.17, 15) is 14.4 Å². The molecule has 3 amide bonds. The lowest BCUT2D eigenvalue weighted by Gasteiger charge is -2.16. The first-order valence-electron chi connectivity index (χ1n) is 7.96. The zero-order valence-electron chi connectivity index (χ0n) is 13.5. The van der Waals surface area contributed by atoms with Crippen molar-refractivity contribution in [1.29, 1.82) is 0 Å². The van der Waals surface area contributed by atoms with Crippen LogP contribution in [0.5, 0.6) is 0 Å². The third-order valence-electron chi connectivity index (χ3n) is 4.93. The topological polar surface area (TPSA) is 66.5 Å². The van der Waals surface area contributed by atoms with Gasteiger partial charge in [-0.15, -0.1) is 0 Å². The Balaban J connectivity index is 1.59. The first-order valence-corrected chi connectivity index (χ1v) is 8.34. The number of halogens is 1. The highest BCUT2D eigenvalue weighted by Crippen LogP contribution is 2.49. The van der Waals surface area contributed by atoms with Crippen molar-refractivity contribution in [3.8, 4) is 0 Å². The number of carbonyl (C=O) groups is 3. The Kier molecular flexibility index (Phi) is 3.44. The van der Waals surface area contributed by atoms with Crippen LogP contribution in [0.15, 0.2) is 42.5 Å². The third kappa shape index (κ3) is 2.43. The number of amides is 3. The van der Waals surface area contributed by atoms with Gasteiger partial charge in [-0.3, -0.25) is 19.3 Å². The van der Waals surface area contributed by atoms with Gasteiger partial charge in [0.05, 0.1) is 16.5 Å². The maximum absolute atomic E-state index is 12.8. The summed E-state index contributed by atoms with van der Waals surface area (Å²) in [4.78, 5) is 37.9. The number of fused-ring (bicyclic) bond motifs is 1. The van der Waals surface area contributed by atoms with E-state index in [1.165, 1.54) is 7.05 Å². The summed E-state index contributed by atoms with van der Waals surface area (Å²) >= 11 is 5.92. The highest BCUT2D eigenvalue weighted by molar-refractivity contribution is 6.30. The largest absolute Gasteiger partial charge is 0.325 e. The van der Waals surface area contributed by atoms with Gasteiger partial charge in [0.1, 0.15) is 0 Å². The highest BCUT2D eigenvalue weighted by atomic mass is 35.5. The van der Waals surface area contributed by atoms with Crippen LogP contribution in [0.3, 0.4) is 0 Å². The summed E-state index contributed by atoms with van der Waals surface area (Å²) in [6.07, 6.45) is 1.54. The van der Waals surface area contributed by atoms with Crippen LogP contribution in [0.4, 0.5) is 5.69 Å². The third-order valence-corrected chi connectivity index (χ3v) is 5.18. The number of benzene rings is 2. The fraction of sp³-hybridized carbons (Fsp3) is 0.211. The normalized spacial score (nSPS) is 17.4. The standard InChI is InChI=1S/C19H15ClN2O3/c1-22-16(23)14-7-6-13(10-15(14)17(22)24)21-18(25)19(8-9-19)11-2-4-12(20)5-3-11/h2-7,10H,8-9H2,1H3,(H,21,25). The first kappa shape index (κ1) is 15.8. The van der Waals surface area contributed by atoms with E-state index in [2.05, 4.69) is 5.32 Å². The molecule has 2 aromatic rings. The number of nitrogens with one attached hydrogen (secondary N) is 1. The Morgan fingerprint density at radius 2 is 1.68 bits per heavy atom. The fourth-order valence-electron chi connectivity index (χ4n) is 3.23. The summed E-state index contributed by atoms with van der Waals surface area (Å²) in [5.74, 6) is -0.785. The summed E-state index contributed by atoms with van der Waals surface area (Å²) in [6.45, 7) is 0. The molecule has 6 heteroatoms. The molecule has 25 heavy (non-hydrogen) atoms. The molecular weight excluding hydrogens is 340 g/mol. The molecule has 0 saturated heterocycles. The van der Waals surface area contributed by atoms with Crippen molar-refractivity contribution >= 4 is 35.0 Å². The average molecular weight is 355 g/mol. The molecule has 0 atom stereocenters. The molecule has 1 saturated carbocycles. The zero-order chi connectivity index (χ0) is 17.8. The van der Waals surface area contributed by atoms with Crippen LogP contribution in [0, 0.1) is 0 Å². The maximum atomic E-state index is 12.8. The monoisotopic (exact) mass is 354 g/mol. The van der Waals surface area contributed by atoms with E-state index in [0.717, 1.165) is 23.3 Å². The molecule has 0 radical (unpaired) electrons. The van der Waals surface area contributed by atoms with E-state index in [4.69, 9.17) is 11.6 Å². The van der Waals surface area contributed by atoms with Gasteiger partial charge < -0.3 is 5.32 Å². The van der Waals surface area contributed by atoms with Crippen molar-refractivity contribution < 1.29 is 14.4 Å². The van der Waals surface area contributed by atoms with Crippen LogP contribution in [0.25, 0.3) is 0 Å². The summed E-state index contributed by atoms with van der Waals surface area (Å²) in [7, 11) is 1.45.